The summed E-state index contributed by atoms with van der Waals surface area (Å²) < 4.78 is 4.98. The van der Waals surface area contributed by atoms with Gasteiger partial charge in [-0.25, -0.2) is 4.98 Å². The third-order valence-corrected chi connectivity index (χ3v) is 2.89. The maximum atomic E-state index is 4.98. The van der Waals surface area contributed by atoms with Gasteiger partial charge in [0, 0.05) is 36.8 Å². The molecule has 1 N–H and O–H groups in total. The summed E-state index contributed by atoms with van der Waals surface area (Å²) in [5, 5.41) is 4.29. The van der Waals surface area contributed by atoms with Gasteiger partial charge < -0.3 is 9.73 Å². The predicted molar refractivity (Wildman–Crippen MR) is 63.2 cm³/mol. The maximum Gasteiger partial charge on any atom is 0.114 e. The summed E-state index contributed by atoms with van der Waals surface area (Å²) in [6.45, 7) is 1.78. The van der Waals surface area contributed by atoms with E-state index in [-0.39, 0.29) is 0 Å². The summed E-state index contributed by atoms with van der Waals surface area (Å²) in [6.07, 6.45) is 8.61. The number of aromatic nitrogens is 2. The average Bonchev–Trinajstić information content (AvgIpc) is 2.83. The SMILES string of the molecule is c1cnc(SCCNCc2ccoc2)cn1. The number of thioether (sulfide) groups is 1. The van der Waals surface area contributed by atoms with Crippen LogP contribution in [-0.2, 0) is 6.54 Å². The van der Waals surface area contributed by atoms with Gasteiger partial charge in [0.25, 0.3) is 0 Å². The van der Waals surface area contributed by atoms with Crippen LogP contribution < -0.4 is 5.32 Å². The molecule has 0 saturated heterocycles. The zero-order chi connectivity index (χ0) is 11.1. The van der Waals surface area contributed by atoms with Crippen LogP contribution in [-0.4, -0.2) is 22.3 Å². The molecule has 84 valence electrons. The molecule has 0 aliphatic rings. The molecule has 0 radical (unpaired) electrons. The van der Waals surface area contributed by atoms with Crippen LogP contribution >= 0.6 is 11.8 Å². The van der Waals surface area contributed by atoms with E-state index in [1.165, 1.54) is 5.56 Å². The first kappa shape index (κ1) is 11.2. The van der Waals surface area contributed by atoms with E-state index in [0.717, 1.165) is 23.9 Å². The van der Waals surface area contributed by atoms with Gasteiger partial charge in [-0.05, 0) is 6.07 Å². The van der Waals surface area contributed by atoms with Crippen molar-refractivity contribution in [2.24, 2.45) is 0 Å². The molecule has 5 heteroatoms. The first-order chi connectivity index (χ1) is 7.95. The van der Waals surface area contributed by atoms with Gasteiger partial charge in [-0.3, -0.25) is 4.98 Å². The van der Waals surface area contributed by atoms with E-state index in [0.29, 0.717) is 0 Å². The van der Waals surface area contributed by atoms with Gasteiger partial charge in [0.05, 0.1) is 18.7 Å². The Morgan fingerprint density at radius 3 is 3.12 bits per heavy atom. The highest BCUT2D eigenvalue weighted by Crippen LogP contribution is 2.11. The molecule has 16 heavy (non-hydrogen) atoms. The minimum atomic E-state index is 0.845. The van der Waals surface area contributed by atoms with Gasteiger partial charge in [-0.15, -0.1) is 11.8 Å². The molecule has 0 aromatic carbocycles. The first-order valence-corrected chi connectivity index (χ1v) is 6.04. The van der Waals surface area contributed by atoms with Crippen LogP contribution in [0.25, 0.3) is 0 Å². The monoisotopic (exact) mass is 235 g/mol. The third kappa shape index (κ3) is 3.67. The van der Waals surface area contributed by atoms with Gasteiger partial charge in [0.1, 0.15) is 5.03 Å². The summed E-state index contributed by atoms with van der Waals surface area (Å²) in [7, 11) is 0. The molecule has 0 saturated carbocycles. The van der Waals surface area contributed by atoms with Crippen molar-refractivity contribution in [3.63, 3.8) is 0 Å². The largest absolute Gasteiger partial charge is 0.472 e. The smallest absolute Gasteiger partial charge is 0.114 e. The zero-order valence-electron chi connectivity index (χ0n) is 8.80. The van der Waals surface area contributed by atoms with Crippen LogP contribution in [0.5, 0.6) is 0 Å². The van der Waals surface area contributed by atoms with E-state index in [4.69, 9.17) is 4.42 Å². The summed E-state index contributed by atoms with van der Waals surface area (Å²) >= 11 is 1.70. The fraction of sp³-hybridized carbons (Fsp3) is 0.273. The van der Waals surface area contributed by atoms with Crippen LogP contribution in [0.3, 0.4) is 0 Å². The Hall–Kier alpha value is -1.33. The lowest BCUT2D eigenvalue weighted by atomic mass is 10.3. The summed E-state index contributed by atoms with van der Waals surface area (Å²) in [6, 6.07) is 1.96. The number of hydrogen-bond acceptors (Lipinski definition) is 5. The van der Waals surface area contributed by atoms with Gasteiger partial charge >= 0.3 is 0 Å². The second-order valence-corrected chi connectivity index (χ2v) is 4.32. The molecule has 0 aliphatic carbocycles. The van der Waals surface area contributed by atoms with Crippen molar-refractivity contribution >= 4 is 11.8 Å². The average molecular weight is 235 g/mol. The van der Waals surface area contributed by atoms with Crippen LogP contribution in [0.1, 0.15) is 5.56 Å². The Labute approximate surface area is 98.5 Å². The first-order valence-electron chi connectivity index (χ1n) is 5.06. The molecule has 2 heterocycles. The van der Waals surface area contributed by atoms with Crippen LogP contribution in [0.4, 0.5) is 0 Å². The van der Waals surface area contributed by atoms with E-state index >= 15 is 0 Å². The standard InChI is InChI=1S/C11H13N3OS/c1-5-15-9-10(1)7-13-4-6-16-11-8-12-2-3-14-11/h1-3,5,8-9,13H,4,6-7H2. The normalized spacial score (nSPS) is 10.5. The van der Waals surface area contributed by atoms with Crippen LogP contribution in [0.2, 0.25) is 0 Å². The topological polar surface area (TPSA) is 51.0 Å². The van der Waals surface area contributed by atoms with Crippen molar-refractivity contribution < 1.29 is 4.42 Å². The summed E-state index contributed by atoms with van der Waals surface area (Å²) in [5.74, 6) is 0.983. The molecule has 0 atom stereocenters. The Morgan fingerprint density at radius 1 is 1.38 bits per heavy atom. The zero-order valence-corrected chi connectivity index (χ0v) is 9.61. The van der Waals surface area contributed by atoms with Crippen molar-refractivity contribution in [1.82, 2.24) is 15.3 Å². The minimum Gasteiger partial charge on any atom is -0.472 e. The summed E-state index contributed by atoms with van der Waals surface area (Å²) in [4.78, 5) is 8.19. The van der Waals surface area contributed by atoms with Gasteiger partial charge in [0.2, 0.25) is 0 Å². The van der Waals surface area contributed by atoms with E-state index in [1.54, 1.807) is 42.9 Å². The Bertz CT molecular complexity index is 391. The third-order valence-electron chi connectivity index (χ3n) is 1.98. The number of rotatable bonds is 6. The van der Waals surface area contributed by atoms with E-state index in [9.17, 15) is 0 Å². The molecule has 2 aromatic rings. The highest BCUT2D eigenvalue weighted by atomic mass is 32.2. The lowest BCUT2D eigenvalue weighted by Crippen LogP contribution is -2.16. The second kappa shape index (κ2) is 6.30. The number of hydrogen-bond donors (Lipinski definition) is 1. The maximum absolute atomic E-state index is 4.98. The van der Waals surface area contributed by atoms with Crippen molar-refractivity contribution in [1.29, 1.82) is 0 Å². The Balaban J connectivity index is 1.59. The molecule has 0 fully saturated rings. The highest BCUT2D eigenvalue weighted by molar-refractivity contribution is 7.99. The summed E-state index contributed by atoms with van der Waals surface area (Å²) in [5.41, 5.74) is 1.17. The molecule has 0 aliphatic heterocycles. The van der Waals surface area contributed by atoms with Gasteiger partial charge in [0.15, 0.2) is 0 Å². The second-order valence-electron chi connectivity index (χ2n) is 3.20. The van der Waals surface area contributed by atoms with Crippen LogP contribution in [0, 0.1) is 0 Å². The lowest BCUT2D eigenvalue weighted by Gasteiger charge is -2.02. The molecule has 0 bridgehead atoms. The molecular formula is C11H13N3OS. The quantitative estimate of drug-likeness (QED) is 0.612. The van der Waals surface area contributed by atoms with Gasteiger partial charge in [-0.2, -0.15) is 0 Å². The molecule has 0 amide bonds. The number of nitrogens with zero attached hydrogens (tertiary/aromatic N) is 2. The van der Waals surface area contributed by atoms with Crippen molar-refractivity contribution in [2.45, 2.75) is 11.6 Å². The molecule has 4 nitrogen and oxygen atoms in total. The Morgan fingerprint density at radius 2 is 2.38 bits per heavy atom. The van der Waals surface area contributed by atoms with Crippen molar-refractivity contribution in [3.8, 4) is 0 Å². The Kier molecular flexibility index (Phi) is 4.39. The van der Waals surface area contributed by atoms with E-state index < -0.39 is 0 Å². The van der Waals surface area contributed by atoms with E-state index in [2.05, 4.69) is 15.3 Å². The number of furan rings is 1. The minimum absolute atomic E-state index is 0.845. The highest BCUT2D eigenvalue weighted by Gasteiger charge is 1.95. The van der Waals surface area contributed by atoms with Gasteiger partial charge in [-0.1, -0.05) is 0 Å². The van der Waals surface area contributed by atoms with Crippen molar-refractivity contribution in [2.75, 3.05) is 12.3 Å². The fourth-order valence-electron chi connectivity index (χ4n) is 1.21. The molecule has 0 spiro atoms. The molecule has 2 aromatic heterocycles. The predicted octanol–water partition coefficient (Wildman–Crippen LogP) is 1.95. The van der Waals surface area contributed by atoms with E-state index in [1.807, 2.05) is 6.07 Å². The van der Waals surface area contributed by atoms with Crippen molar-refractivity contribution in [3.05, 3.63) is 42.7 Å². The van der Waals surface area contributed by atoms with Crippen LogP contribution in [0.15, 0.2) is 46.6 Å². The molecular weight excluding hydrogens is 222 g/mol. The number of nitrogens with one attached hydrogen (secondary N) is 1. The lowest BCUT2D eigenvalue weighted by molar-refractivity contribution is 0.561. The molecule has 0 unspecified atom stereocenters. The molecule has 2 rings (SSSR count). The fourth-order valence-corrected chi connectivity index (χ4v) is 1.94.